The first-order valence-corrected chi connectivity index (χ1v) is 11.3. The number of hydrogen-bond acceptors (Lipinski definition) is 5. The lowest BCUT2D eigenvalue weighted by atomic mass is 10.0. The van der Waals surface area contributed by atoms with E-state index < -0.39 is 6.36 Å². The molecule has 0 unspecified atom stereocenters. The molecule has 2 amide bonds. The minimum absolute atomic E-state index is 0.0295. The zero-order valence-corrected chi connectivity index (χ0v) is 19.3. The predicted octanol–water partition coefficient (Wildman–Crippen LogP) is 3.03. The number of carbonyl (C=O) groups is 2. The van der Waals surface area contributed by atoms with Crippen LogP contribution in [0.15, 0.2) is 24.3 Å². The summed E-state index contributed by atoms with van der Waals surface area (Å²) in [7, 11) is 0. The molecule has 0 spiro atoms. The van der Waals surface area contributed by atoms with Crippen LogP contribution in [0.25, 0.3) is 0 Å². The maximum Gasteiger partial charge on any atom is 0.573 e. The molecule has 0 aliphatic carbocycles. The lowest BCUT2D eigenvalue weighted by Crippen LogP contribution is -2.49. The number of piperidine rings is 1. The molecule has 0 radical (unpaired) electrons. The molecule has 0 N–H and O–H groups in total. The maximum atomic E-state index is 12.9. The molecule has 7 nitrogen and oxygen atoms in total. The van der Waals surface area contributed by atoms with E-state index in [1.807, 2.05) is 23.6 Å². The Hall–Kier alpha value is -2.33. The van der Waals surface area contributed by atoms with Gasteiger partial charge in [0, 0.05) is 45.2 Å². The van der Waals surface area contributed by atoms with Gasteiger partial charge in [-0.15, -0.1) is 13.2 Å². The minimum atomic E-state index is -4.73. The Balaban J connectivity index is 1.64. The summed E-state index contributed by atoms with van der Waals surface area (Å²) in [4.78, 5) is 30.4. The summed E-state index contributed by atoms with van der Waals surface area (Å²) in [6, 6.07) is 5.83. The first kappa shape index (κ1) is 25.3. The highest BCUT2D eigenvalue weighted by Gasteiger charge is 2.35. The van der Waals surface area contributed by atoms with Crippen LogP contribution in [0.5, 0.6) is 5.75 Å². The van der Waals surface area contributed by atoms with Crippen molar-refractivity contribution in [2.45, 2.75) is 64.8 Å². The van der Waals surface area contributed by atoms with Crippen LogP contribution >= 0.6 is 0 Å². The van der Waals surface area contributed by atoms with E-state index in [0.29, 0.717) is 32.7 Å². The van der Waals surface area contributed by atoms with E-state index in [0.717, 1.165) is 18.4 Å². The van der Waals surface area contributed by atoms with Gasteiger partial charge in [-0.3, -0.25) is 14.5 Å². The molecule has 1 aromatic rings. The lowest BCUT2D eigenvalue weighted by molar-refractivity contribution is -0.274. The molecule has 1 atom stereocenters. The Morgan fingerprint density at radius 1 is 1.12 bits per heavy atom. The second-order valence-corrected chi connectivity index (χ2v) is 8.93. The quantitative estimate of drug-likeness (QED) is 0.638. The number of carbonyl (C=O) groups excluding carboxylic acids is 2. The molecule has 0 bridgehead atoms. The van der Waals surface area contributed by atoms with E-state index in [1.165, 1.54) is 12.1 Å². The van der Waals surface area contributed by atoms with Crippen molar-refractivity contribution in [1.82, 2.24) is 14.7 Å². The van der Waals surface area contributed by atoms with Gasteiger partial charge in [-0.1, -0.05) is 12.1 Å². The van der Waals surface area contributed by atoms with Crippen molar-refractivity contribution in [3.63, 3.8) is 0 Å². The van der Waals surface area contributed by atoms with Gasteiger partial charge in [0.05, 0.1) is 19.3 Å². The normalized spacial score (nSPS) is 21.4. The van der Waals surface area contributed by atoms with E-state index in [4.69, 9.17) is 4.74 Å². The number of likely N-dealkylation sites (tertiary alicyclic amines) is 1. The number of benzene rings is 1. The molecular formula is C23H32F3N3O4. The monoisotopic (exact) mass is 471 g/mol. The Morgan fingerprint density at radius 3 is 2.30 bits per heavy atom. The highest BCUT2D eigenvalue weighted by atomic mass is 19.4. The minimum Gasteiger partial charge on any atom is -0.406 e. The average Bonchev–Trinajstić information content (AvgIpc) is 2.91. The number of alkyl halides is 3. The third kappa shape index (κ3) is 7.33. The fourth-order valence-electron chi connectivity index (χ4n) is 4.40. The van der Waals surface area contributed by atoms with E-state index in [1.54, 1.807) is 19.1 Å². The van der Waals surface area contributed by atoms with E-state index in [9.17, 15) is 22.8 Å². The molecule has 2 saturated heterocycles. The molecule has 0 saturated carbocycles. The van der Waals surface area contributed by atoms with Crippen LogP contribution in [0, 0.1) is 0 Å². The van der Waals surface area contributed by atoms with Crippen LogP contribution in [-0.4, -0.2) is 83.8 Å². The van der Waals surface area contributed by atoms with Crippen molar-refractivity contribution in [2.24, 2.45) is 0 Å². The number of nitrogens with zero attached hydrogens (tertiary/aromatic N) is 3. The highest BCUT2D eigenvalue weighted by molar-refractivity contribution is 5.79. The summed E-state index contributed by atoms with van der Waals surface area (Å²) in [5.41, 5.74) is 0.720. The average molecular weight is 472 g/mol. The molecule has 1 aromatic carbocycles. The molecule has 2 aliphatic rings. The van der Waals surface area contributed by atoms with Gasteiger partial charge in [-0.2, -0.15) is 0 Å². The maximum absolute atomic E-state index is 12.9. The summed E-state index contributed by atoms with van der Waals surface area (Å²) < 4.78 is 47.1. The van der Waals surface area contributed by atoms with Gasteiger partial charge in [0.25, 0.3) is 0 Å². The van der Waals surface area contributed by atoms with E-state index >= 15 is 0 Å². The molecule has 2 fully saturated rings. The highest BCUT2D eigenvalue weighted by Crippen LogP contribution is 2.24. The third-order valence-corrected chi connectivity index (χ3v) is 6.19. The van der Waals surface area contributed by atoms with Crippen LogP contribution in [0.3, 0.4) is 0 Å². The number of halogens is 3. The van der Waals surface area contributed by atoms with Crippen molar-refractivity contribution in [1.29, 1.82) is 0 Å². The van der Waals surface area contributed by atoms with Crippen molar-refractivity contribution in [3.8, 4) is 5.75 Å². The van der Waals surface area contributed by atoms with Gasteiger partial charge in [-0.05, 0) is 44.4 Å². The molecular weight excluding hydrogens is 439 g/mol. The third-order valence-electron chi connectivity index (χ3n) is 6.19. The molecule has 33 heavy (non-hydrogen) atoms. The number of rotatable bonds is 6. The Bertz CT molecular complexity index is 808. The first-order valence-electron chi connectivity index (χ1n) is 11.3. The van der Waals surface area contributed by atoms with Gasteiger partial charge in [0.2, 0.25) is 11.8 Å². The largest absolute Gasteiger partial charge is 0.573 e. The fraction of sp³-hybridized carbons (Fsp3) is 0.652. The predicted molar refractivity (Wildman–Crippen MR) is 115 cm³/mol. The summed E-state index contributed by atoms with van der Waals surface area (Å²) in [6.07, 6.45) is -3.35. The lowest BCUT2D eigenvalue weighted by Gasteiger charge is -2.38. The summed E-state index contributed by atoms with van der Waals surface area (Å²) in [5, 5.41) is 0. The van der Waals surface area contributed by atoms with E-state index in [-0.39, 0.29) is 42.4 Å². The molecule has 3 rings (SSSR count). The molecule has 2 heterocycles. The number of amides is 2. The van der Waals surface area contributed by atoms with Gasteiger partial charge < -0.3 is 19.3 Å². The first-order chi connectivity index (χ1) is 15.5. The zero-order valence-electron chi connectivity index (χ0n) is 19.3. The molecule has 2 aliphatic heterocycles. The summed E-state index contributed by atoms with van der Waals surface area (Å²) in [6.45, 7) is 8.42. The fourth-order valence-corrected chi connectivity index (χ4v) is 4.40. The Labute approximate surface area is 192 Å². The molecule has 0 aromatic heterocycles. The van der Waals surface area contributed by atoms with Crippen LogP contribution in [0.4, 0.5) is 13.2 Å². The summed E-state index contributed by atoms with van der Waals surface area (Å²) >= 11 is 0. The van der Waals surface area contributed by atoms with Gasteiger partial charge >= 0.3 is 6.36 Å². The Kier molecular flexibility index (Phi) is 8.23. The van der Waals surface area contributed by atoms with Gasteiger partial charge in [-0.25, -0.2) is 0 Å². The second kappa shape index (κ2) is 10.7. The van der Waals surface area contributed by atoms with Crippen molar-refractivity contribution >= 4 is 11.8 Å². The second-order valence-electron chi connectivity index (χ2n) is 8.93. The Morgan fingerprint density at radius 2 is 1.76 bits per heavy atom. The van der Waals surface area contributed by atoms with Crippen LogP contribution < -0.4 is 4.74 Å². The van der Waals surface area contributed by atoms with Crippen LogP contribution in [0.2, 0.25) is 0 Å². The zero-order chi connectivity index (χ0) is 24.2. The van der Waals surface area contributed by atoms with Crippen LogP contribution in [0.1, 0.15) is 39.2 Å². The molecule has 184 valence electrons. The standard InChI is InChI=1S/C23H32F3N3O4/c1-16(2)29-13-21(32-15-18-4-6-20(7-5-18)33-23(24,25)26)12-28(14-22(29)31)19-8-10-27(11-9-19)17(3)30/h4-7,16,19,21H,8-15H2,1-3H3/t21-/m1/s1. The summed E-state index contributed by atoms with van der Waals surface area (Å²) in [5.74, 6) is -0.154. The van der Waals surface area contributed by atoms with Crippen molar-refractivity contribution in [2.75, 3.05) is 32.7 Å². The van der Waals surface area contributed by atoms with Crippen LogP contribution in [-0.2, 0) is 20.9 Å². The molecule has 10 heteroatoms. The topological polar surface area (TPSA) is 62.3 Å². The van der Waals surface area contributed by atoms with Crippen molar-refractivity contribution in [3.05, 3.63) is 29.8 Å². The van der Waals surface area contributed by atoms with E-state index in [2.05, 4.69) is 9.64 Å². The number of ether oxygens (including phenoxy) is 2. The number of hydrogen-bond donors (Lipinski definition) is 0. The van der Waals surface area contributed by atoms with Gasteiger partial charge in [0.15, 0.2) is 0 Å². The van der Waals surface area contributed by atoms with Crippen molar-refractivity contribution < 1.29 is 32.2 Å². The SMILES string of the molecule is CC(=O)N1CCC(N2CC(=O)N(C(C)C)C[C@H](OCc3ccc(OC(F)(F)F)cc3)C2)CC1. The van der Waals surface area contributed by atoms with Gasteiger partial charge in [0.1, 0.15) is 5.75 Å². The smallest absolute Gasteiger partial charge is 0.406 e.